The van der Waals surface area contributed by atoms with E-state index in [1.165, 1.54) is 12.1 Å². The van der Waals surface area contributed by atoms with Gasteiger partial charge in [0.25, 0.3) is 16.8 Å². The van der Waals surface area contributed by atoms with Crippen LogP contribution in [-0.4, -0.2) is 33.4 Å². The van der Waals surface area contributed by atoms with Gasteiger partial charge in [0.15, 0.2) is 0 Å². The van der Waals surface area contributed by atoms with Gasteiger partial charge in [0, 0.05) is 17.8 Å². The van der Waals surface area contributed by atoms with Crippen LogP contribution in [0.25, 0.3) is 6.08 Å². The second-order valence-corrected chi connectivity index (χ2v) is 9.41. The number of amides is 3. The molecule has 3 amide bonds. The number of aryl methyl sites for hydroxylation is 2. The summed E-state index contributed by atoms with van der Waals surface area (Å²) in [7, 11) is 0. The maximum absolute atomic E-state index is 12.8. The average Bonchev–Trinajstić information content (AvgIpc) is 3.12. The standard InChI is InChI=1S/C27H23N3O6S/c1-17-6-11-23(18(2)12-17)28-25(31)15-29-26(32)24(37-27(29)33)14-20-4-3-5-22(13-20)36-16-19-7-9-21(10-8-19)30(34)35/h3-14H,15-16H2,1-2H3,(H,28,31)/b24-14+. The number of nitrogens with one attached hydrogen (secondary N) is 1. The monoisotopic (exact) mass is 517 g/mol. The number of imide groups is 1. The third kappa shape index (κ3) is 6.42. The lowest BCUT2D eigenvalue weighted by atomic mass is 10.1. The third-order valence-electron chi connectivity index (χ3n) is 5.54. The minimum atomic E-state index is -0.539. The van der Waals surface area contributed by atoms with Crippen molar-refractivity contribution in [3.63, 3.8) is 0 Å². The van der Waals surface area contributed by atoms with Crippen LogP contribution in [0.5, 0.6) is 5.75 Å². The van der Waals surface area contributed by atoms with Crippen molar-refractivity contribution in [2.24, 2.45) is 0 Å². The fourth-order valence-corrected chi connectivity index (χ4v) is 4.49. The molecule has 188 valence electrons. The summed E-state index contributed by atoms with van der Waals surface area (Å²) in [4.78, 5) is 49.3. The average molecular weight is 518 g/mol. The molecule has 1 aliphatic heterocycles. The number of nitro benzene ring substituents is 1. The molecule has 3 aromatic carbocycles. The Morgan fingerprint density at radius 1 is 1.08 bits per heavy atom. The lowest BCUT2D eigenvalue weighted by Crippen LogP contribution is -2.36. The van der Waals surface area contributed by atoms with Gasteiger partial charge in [-0.05, 0) is 78.7 Å². The van der Waals surface area contributed by atoms with Crippen molar-refractivity contribution in [3.8, 4) is 5.75 Å². The highest BCUT2D eigenvalue weighted by Crippen LogP contribution is 2.32. The van der Waals surface area contributed by atoms with E-state index in [2.05, 4.69) is 5.32 Å². The first-order valence-corrected chi connectivity index (χ1v) is 12.1. The van der Waals surface area contributed by atoms with Gasteiger partial charge in [-0.1, -0.05) is 29.8 Å². The summed E-state index contributed by atoms with van der Waals surface area (Å²) in [6.07, 6.45) is 1.58. The van der Waals surface area contributed by atoms with Crippen LogP contribution in [0.1, 0.15) is 22.3 Å². The van der Waals surface area contributed by atoms with Gasteiger partial charge in [-0.3, -0.25) is 29.4 Å². The van der Waals surface area contributed by atoms with Crippen molar-refractivity contribution in [2.45, 2.75) is 20.5 Å². The van der Waals surface area contributed by atoms with Gasteiger partial charge in [0.2, 0.25) is 5.91 Å². The number of hydrogen-bond donors (Lipinski definition) is 1. The maximum Gasteiger partial charge on any atom is 0.294 e. The van der Waals surface area contributed by atoms with Crippen molar-refractivity contribution >= 4 is 46.3 Å². The minimum absolute atomic E-state index is 0.00226. The highest BCUT2D eigenvalue weighted by molar-refractivity contribution is 8.18. The molecule has 37 heavy (non-hydrogen) atoms. The zero-order valence-corrected chi connectivity index (χ0v) is 20.9. The van der Waals surface area contributed by atoms with E-state index in [1.807, 2.05) is 26.0 Å². The van der Waals surface area contributed by atoms with Crippen LogP contribution in [0.2, 0.25) is 0 Å². The quantitative estimate of drug-likeness (QED) is 0.239. The number of hydrogen-bond acceptors (Lipinski definition) is 7. The molecular formula is C27H23N3O6S. The molecule has 1 heterocycles. The molecule has 1 fully saturated rings. The SMILES string of the molecule is Cc1ccc(NC(=O)CN2C(=O)S/C(=C/c3cccc(OCc4ccc([N+](=O)[O-])cc4)c3)C2=O)c(C)c1. The number of benzene rings is 3. The summed E-state index contributed by atoms with van der Waals surface area (Å²) >= 11 is 0.772. The van der Waals surface area contributed by atoms with Crippen molar-refractivity contribution in [1.82, 2.24) is 4.90 Å². The predicted molar refractivity (Wildman–Crippen MR) is 141 cm³/mol. The van der Waals surface area contributed by atoms with Crippen molar-refractivity contribution in [2.75, 3.05) is 11.9 Å². The van der Waals surface area contributed by atoms with Crippen molar-refractivity contribution in [1.29, 1.82) is 0 Å². The topological polar surface area (TPSA) is 119 Å². The number of anilines is 1. The third-order valence-corrected chi connectivity index (χ3v) is 6.45. The zero-order valence-electron chi connectivity index (χ0n) is 20.1. The van der Waals surface area contributed by atoms with Crippen LogP contribution in [0, 0.1) is 24.0 Å². The zero-order chi connectivity index (χ0) is 26.5. The highest BCUT2D eigenvalue weighted by atomic mass is 32.2. The van der Waals surface area contributed by atoms with E-state index < -0.39 is 22.0 Å². The first-order chi connectivity index (χ1) is 17.7. The van der Waals surface area contributed by atoms with Crippen molar-refractivity contribution in [3.05, 3.63) is 104 Å². The smallest absolute Gasteiger partial charge is 0.294 e. The van der Waals surface area contributed by atoms with Crippen LogP contribution in [0.15, 0.2) is 71.6 Å². The molecule has 0 spiro atoms. The minimum Gasteiger partial charge on any atom is -0.489 e. The van der Waals surface area contributed by atoms with E-state index in [0.717, 1.165) is 33.4 Å². The van der Waals surface area contributed by atoms with Crippen LogP contribution in [0.4, 0.5) is 16.2 Å². The molecule has 9 nitrogen and oxygen atoms in total. The molecule has 1 saturated heterocycles. The number of nitrogens with zero attached hydrogens (tertiary/aromatic N) is 2. The molecule has 0 aliphatic carbocycles. The normalized spacial score (nSPS) is 14.2. The lowest BCUT2D eigenvalue weighted by Gasteiger charge is -2.14. The Morgan fingerprint density at radius 3 is 2.54 bits per heavy atom. The highest BCUT2D eigenvalue weighted by Gasteiger charge is 2.36. The number of carbonyl (C=O) groups excluding carboxylic acids is 3. The summed E-state index contributed by atoms with van der Waals surface area (Å²) in [5.41, 5.74) is 3.99. The fraction of sp³-hybridized carbons (Fsp3) is 0.148. The van der Waals surface area contributed by atoms with E-state index >= 15 is 0 Å². The van der Waals surface area contributed by atoms with Gasteiger partial charge in [-0.15, -0.1) is 0 Å². The number of nitro groups is 1. The summed E-state index contributed by atoms with van der Waals surface area (Å²) in [5, 5.41) is 13.0. The first-order valence-electron chi connectivity index (χ1n) is 11.3. The Bertz CT molecular complexity index is 1420. The Morgan fingerprint density at radius 2 is 1.84 bits per heavy atom. The Hall–Kier alpha value is -4.44. The van der Waals surface area contributed by atoms with E-state index in [9.17, 15) is 24.5 Å². The van der Waals surface area contributed by atoms with Crippen LogP contribution >= 0.6 is 11.8 Å². The van der Waals surface area contributed by atoms with Crippen LogP contribution < -0.4 is 10.1 Å². The summed E-state index contributed by atoms with van der Waals surface area (Å²) in [6, 6.07) is 18.6. The molecule has 0 bridgehead atoms. The Kier molecular flexibility index (Phi) is 7.69. The Balaban J connectivity index is 1.39. The molecule has 10 heteroatoms. The fourth-order valence-electron chi connectivity index (χ4n) is 3.65. The van der Waals surface area contributed by atoms with Crippen LogP contribution in [-0.2, 0) is 16.2 Å². The second kappa shape index (κ2) is 11.1. The first kappa shape index (κ1) is 25.6. The second-order valence-electron chi connectivity index (χ2n) is 8.42. The predicted octanol–water partition coefficient (Wildman–Crippen LogP) is 5.47. The van der Waals surface area contributed by atoms with Gasteiger partial charge in [-0.2, -0.15) is 0 Å². The molecular weight excluding hydrogens is 494 g/mol. The van der Waals surface area contributed by atoms with E-state index in [0.29, 0.717) is 17.0 Å². The van der Waals surface area contributed by atoms with E-state index in [4.69, 9.17) is 4.74 Å². The Labute approximate surface area is 217 Å². The molecule has 0 aromatic heterocycles. The number of ether oxygens (including phenoxy) is 1. The van der Waals surface area contributed by atoms with E-state index in [-0.39, 0.29) is 23.7 Å². The summed E-state index contributed by atoms with van der Waals surface area (Å²) in [6.45, 7) is 3.64. The number of non-ortho nitro benzene ring substituents is 1. The summed E-state index contributed by atoms with van der Waals surface area (Å²) in [5.74, 6) is -0.473. The van der Waals surface area contributed by atoms with Gasteiger partial charge < -0.3 is 10.1 Å². The van der Waals surface area contributed by atoms with Gasteiger partial charge >= 0.3 is 0 Å². The van der Waals surface area contributed by atoms with E-state index in [1.54, 1.807) is 48.5 Å². The number of thioether (sulfide) groups is 1. The van der Waals surface area contributed by atoms with Crippen molar-refractivity contribution < 1.29 is 24.0 Å². The molecule has 1 N–H and O–H groups in total. The largest absolute Gasteiger partial charge is 0.489 e. The molecule has 0 saturated carbocycles. The lowest BCUT2D eigenvalue weighted by molar-refractivity contribution is -0.384. The molecule has 0 radical (unpaired) electrons. The molecule has 0 unspecified atom stereocenters. The summed E-state index contributed by atoms with van der Waals surface area (Å²) < 4.78 is 5.77. The van der Waals surface area contributed by atoms with Gasteiger partial charge in [-0.25, -0.2) is 0 Å². The number of rotatable bonds is 8. The van der Waals surface area contributed by atoms with Gasteiger partial charge in [0.1, 0.15) is 18.9 Å². The molecule has 3 aromatic rings. The molecule has 1 aliphatic rings. The molecule has 4 rings (SSSR count). The maximum atomic E-state index is 12.8. The number of carbonyl (C=O) groups is 3. The van der Waals surface area contributed by atoms with Gasteiger partial charge in [0.05, 0.1) is 9.83 Å². The van der Waals surface area contributed by atoms with Crippen LogP contribution in [0.3, 0.4) is 0 Å². The molecule has 0 atom stereocenters.